The summed E-state index contributed by atoms with van der Waals surface area (Å²) >= 11 is 0. The van der Waals surface area contributed by atoms with Crippen molar-refractivity contribution in [2.75, 3.05) is 26.2 Å². The van der Waals surface area contributed by atoms with E-state index < -0.39 is 10.1 Å². The molecule has 0 unspecified atom stereocenters. The van der Waals surface area contributed by atoms with Crippen molar-refractivity contribution in [1.29, 1.82) is 0 Å². The summed E-state index contributed by atoms with van der Waals surface area (Å²) < 4.78 is 35.9. The molecule has 0 N–H and O–H groups in total. The highest BCUT2D eigenvalue weighted by atomic mass is 32.2. The minimum absolute atomic E-state index is 0.0417. The first-order chi connectivity index (χ1) is 12.7. The summed E-state index contributed by atoms with van der Waals surface area (Å²) in [5.74, 6) is 0. The maximum absolute atomic E-state index is 11.5. The van der Waals surface area contributed by atoms with E-state index in [2.05, 4.69) is 27.7 Å². The molecule has 0 aliphatic carbocycles. The van der Waals surface area contributed by atoms with Crippen molar-refractivity contribution in [3.05, 3.63) is 41.5 Å². The normalized spacial score (nSPS) is 12.0. The lowest BCUT2D eigenvalue weighted by Gasteiger charge is -2.34. The SMILES string of the molecule is CC[N+](CC)(CC)CC.CCc1cc2ccccc2c(S(=O)(=O)[O-])c1CC. The van der Waals surface area contributed by atoms with Gasteiger partial charge < -0.3 is 9.04 Å². The largest absolute Gasteiger partial charge is 0.744 e. The summed E-state index contributed by atoms with van der Waals surface area (Å²) in [6, 6.07) is 9.10. The molecule has 0 aromatic heterocycles. The van der Waals surface area contributed by atoms with E-state index in [1.165, 1.54) is 30.7 Å². The van der Waals surface area contributed by atoms with E-state index in [-0.39, 0.29) is 4.90 Å². The molecule has 0 aliphatic rings. The van der Waals surface area contributed by atoms with Gasteiger partial charge in [-0.2, -0.15) is 0 Å². The van der Waals surface area contributed by atoms with Crippen molar-refractivity contribution < 1.29 is 17.5 Å². The van der Waals surface area contributed by atoms with Gasteiger partial charge in [-0.1, -0.05) is 44.2 Å². The Kier molecular flexibility index (Phi) is 8.92. The number of hydrogen-bond donors (Lipinski definition) is 0. The first kappa shape index (κ1) is 23.6. The van der Waals surface area contributed by atoms with Gasteiger partial charge >= 0.3 is 0 Å². The Morgan fingerprint density at radius 2 is 1.37 bits per heavy atom. The lowest BCUT2D eigenvalue weighted by atomic mass is 9.97. The smallest absolute Gasteiger partial charge is 0.125 e. The van der Waals surface area contributed by atoms with Crippen molar-refractivity contribution in [2.45, 2.75) is 59.3 Å². The van der Waals surface area contributed by atoms with E-state index >= 15 is 0 Å². The van der Waals surface area contributed by atoms with Gasteiger partial charge in [0.1, 0.15) is 10.1 Å². The third-order valence-corrected chi connectivity index (χ3v) is 6.83. The Labute approximate surface area is 165 Å². The molecule has 0 saturated heterocycles. The molecule has 0 heterocycles. The van der Waals surface area contributed by atoms with Crippen LogP contribution in [0.5, 0.6) is 0 Å². The number of hydrogen-bond acceptors (Lipinski definition) is 3. The van der Waals surface area contributed by atoms with Gasteiger partial charge in [-0.3, -0.25) is 0 Å². The van der Waals surface area contributed by atoms with Crippen LogP contribution in [-0.2, 0) is 23.0 Å². The highest BCUT2D eigenvalue weighted by Crippen LogP contribution is 2.30. The Bertz CT molecular complexity index is 822. The zero-order valence-electron chi connectivity index (χ0n) is 17.7. The molecule has 5 heteroatoms. The maximum Gasteiger partial charge on any atom is 0.125 e. The first-order valence-electron chi connectivity index (χ1n) is 10.1. The number of nitrogens with zero attached hydrogens (tertiary/aromatic N) is 1. The molecule has 152 valence electrons. The molecule has 0 amide bonds. The van der Waals surface area contributed by atoms with Gasteiger partial charge in [0.25, 0.3) is 0 Å². The second kappa shape index (κ2) is 10.2. The number of quaternary nitrogens is 1. The second-order valence-electron chi connectivity index (χ2n) is 6.83. The number of benzene rings is 2. The van der Waals surface area contributed by atoms with Gasteiger partial charge in [-0.05, 0) is 62.4 Å². The summed E-state index contributed by atoms with van der Waals surface area (Å²) in [5, 5.41) is 1.34. The Morgan fingerprint density at radius 3 is 1.74 bits per heavy atom. The van der Waals surface area contributed by atoms with Crippen LogP contribution in [0.3, 0.4) is 0 Å². The quantitative estimate of drug-likeness (QED) is 0.504. The minimum atomic E-state index is -4.45. The molecule has 2 aromatic rings. The van der Waals surface area contributed by atoms with E-state index in [1.54, 1.807) is 12.1 Å². The van der Waals surface area contributed by atoms with E-state index in [1.807, 2.05) is 32.0 Å². The molecule has 0 saturated carbocycles. The van der Waals surface area contributed by atoms with Crippen molar-refractivity contribution in [3.63, 3.8) is 0 Å². The molecule has 0 bridgehead atoms. The van der Waals surface area contributed by atoms with Crippen molar-refractivity contribution >= 4 is 20.9 Å². The number of aryl methyl sites for hydroxylation is 1. The van der Waals surface area contributed by atoms with Crippen LogP contribution in [0.4, 0.5) is 0 Å². The van der Waals surface area contributed by atoms with Crippen LogP contribution < -0.4 is 0 Å². The molecule has 2 aromatic carbocycles. The fourth-order valence-corrected chi connectivity index (χ4v) is 4.78. The Balaban J connectivity index is 0.000000345. The highest BCUT2D eigenvalue weighted by Gasteiger charge is 2.17. The van der Waals surface area contributed by atoms with E-state index in [4.69, 9.17) is 0 Å². The molecule has 0 spiro atoms. The van der Waals surface area contributed by atoms with Gasteiger partial charge in [0.2, 0.25) is 0 Å². The third kappa shape index (κ3) is 5.53. The predicted molar refractivity (Wildman–Crippen MR) is 113 cm³/mol. The van der Waals surface area contributed by atoms with Crippen LogP contribution in [0.2, 0.25) is 0 Å². The Hall–Kier alpha value is -1.43. The van der Waals surface area contributed by atoms with Gasteiger partial charge in [0.15, 0.2) is 0 Å². The summed E-state index contributed by atoms with van der Waals surface area (Å²) in [7, 11) is -4.45. The zero-order chi connectivity index (χ0) is 20.7. The zero-order valence-corrected chi connectivity index (χ0v) is 18.5. The fourth-order valence-electron chi connectivity index (χ4n) is 3.74. The van der Waals surface area contributed by atoms with Gasteiger partial charge in [0.05, 0.1) is 31.1 Å². The van der Waals surface area contributed by atoms with Crippen LogP contribution in [-0.4, -0.2) is 43.6 Å². The van der Waals surface area contributed by atoms with Crippen LogP contribution in [0.25, 0.3) is 10.8 Å². The average molecular weight is 394 g/mol. The molecule has 27 heavy (non-hydrogen) atoms. The van der Waals surface area contributed by atoms with Gasteiger partial charge in [-0.15, -0.1) is 0 Å². The summed E-state index contributed by atoms with van der Waals surface area (Å²) in [6.45, 7) is 18.1. The van der Waals surface area contributed by atoms with Crippen LogP contribution in [0.15, 0.2) is 35.2 Å². The van der Waals surface area contributed by atoms with Crippen LogP contribution in [0, 0.1) is 0 Å². The van der Waals surface area contributed by atoms with Crippen LogP contribution in [0.1, 0.15) is 52.7 Å². The standard InChI is InChI=1S/C14H16O3S.C8H20N/c1-3-10-9-11-7-5-6-8-13(11)14(12(10)4-2)18(15,16)17;1-5-9(6-2,7-3)8-4/h5-9H,3-4H2,1-2H3,(H,15,16,17);5-8H2,1-4H3/q;+1/p-1. The molecule has 0 fully saturated rings. The topological polar surface area (TPSA) is 57.2 Å². The van der Waals surface area contributed by atoms with Crippen molar-refractivity contribution in [1.82, 2.24) is 0 Å². The molecule has 0 radical (unpaired) electrons. The summed E-state index contributed by atoms with van der Waals surface area (Å²) in [6.07, 6.45) is 1.27. The lowest BCUT2D eigenvalue weighted by molar-refractivity contribution is -0.921. The predicted octanol–water partition coefficient (Wildman–Crippen LogP) is 4.75. The summed E-state index contributed by atoms with van der Waals surface area (Å²) in [4.78, 5) is -0.0417. The molecular formula is C22H35NO3S. The second-order valence-corrected chi connectivity index (χ2v) is 8.15. The monoisotopic (exact) mass is 393 g/mol. The van der Waals surface area contributed by atoms with E-state index in [0.29, 0.717) is 17.4 Å². The number of fused-ring (bicyclic) bond motifs is 1. The van der Waals surface area contributed by atoms with Gasteiger partial charge in [0, 0.05) is 0 Å². The third-order valence-electron chi connectivity index (χ3n) is 5.86. The van der Waals surface area contributed by atoms with Crippen molar-refractivity contribution in [3.8, 4) is 0 Å². The molecular weight excluding hydrogens is 358 g/mol. The van der Waals surface area contributed by atoms with Crippen LogP contribution >= 0.6 is 0 Å². The molecule has 2 rings (SSSR count). The minimum Gasteiger partial charge on any atom is -0.744 e. The Morgan fingerprint density at radius 1 is 0.852 bits per heavy atom. The molecule has 0 atom stereocenters. The fraction of sp³-hybridized carbons (Fsp3) is 0.545. The first-order valence-corrected chi connectivity index (χ1v) is 11.5. The average Bonchev–Trinajstić information content (AvgIpc) is 2.68. The summed E-state index contributed by atoms with van der Waals surface area (Å²) in [5.41, 5.74) is 1.59. The van der Waals surface area contributed by atoms with E-state index in [0.717, 1.165) is 17.4 Å². The number of rotatable bonds is 7. The molecule has 0 aliphatic heterocycles. The van der Waals surface area contributed by atoms with Gasteiger partial charge in [-0.25, -0.2) is 8.42 Å². The van der Waals surface area contributed by atoms with Crippen molar-refractivity contribution in [2.24, 2.45) is 0 Å². The molecule has 4 nitrogen and oxygen atoms in total. The van der Waals surface area contributed by atoms with E-state index in [9.17, 15) is 13.0 Å². The maximum atomic E-state index is 11.5. The lowest BCUT2D eigenvalue weighted by Crippen LogP contribution is -2.47. The highest BCUT2D eigenvalue weighted by molar-refractivity contribution is 7.86.